The number of hydrogen-bond donors (Lipinski definition) is 1. The summed E-state index contributed by atoms with van der Waals surface area (Å²) in [4.78, 5) is 15.2. The average molecular weight is 387 g/mol. The van der Waals surface area contributed by atoms with Crippen LogP contribution in [0.1, 0.15) is 35.2 Å². The van der Waals surface area contributed by atoms with Crippen molar-refractivity contribution in [1.29, 1.82) is 0 Å². The first-order chi connectivity index (χ1) is 9.06. The van der Waals surface area contributed by atoms with Crippen molar-refractivity contribution in [3.63, 3.8) is 0 Å². The Labute approximate surface area is 125 Å². The maximum Gasteiger partial charge on any atom is 0.375 e. The van der Waals surface area contributed by atoms with Crippen LogP contribution in [0, 0.1) is 0 Å². The molecule has 1 saturated carbocycles. The molecule has 0 radical (unpaired) electrons. The number of aromatic carboxylic acids is 1. The predicted molar refractivity (Wildman–Crippen MR) is 75.7 cm³/mol. The number of carboxylic acid groups (broad SMARTS) is 1. The SMILES string of the molecule is O=C(O)c1nc(C2CC2)n(-c2ccc(Br)cc2Br)n1. The number of carboxylic acids is 1. The molecule has 0 amide bonds. The van der Waals surface area contributed by atoms with Crippen molar-refractivity contribution in [2.75, 3.05) is 0 Å². The molecule has 1 aromatic heterocycles. The summed E-state index contributed by atoms with van der Waals surface area (Å²) in [5.41, 5.74) is 0.796. The van der Waals surface area contributed by atoms with E-state index in [-0.39, 0.29) is 5.82 Å². The standard InChI is InChI=1S/C12H9Br2N3O2/c13-7-3-4-9(8(14)5-7)17-11(6-1-2-6)15-10(16-17)12(18)19/h3-6H,1-2H2,(H,18,19). The first-order valence-electron chi connectivity index (χ1n) is 5.72. The van der Waals surface area contributed by atoms with E-state index in [0.717, 1.165) is 33.3 Å². The van der Waals surface area contributed by atoms with Crippen LogP contribution in [0.25, 0.3) is 5.69 Å². The van der Waals surface area contributed by atoms with Gasteiger partial charge in [-0.3, -0.25) is 0 Å². The van der Waals surface area contributed by atoms with Crippen molar-refractivity contribution in [3.05, 3.63) is 38.8 Å². The average Bonchev–Trinajstić information content (AvgIpc) is 3.09. The van der Waals surface area contributed by atoms with E-state index in [4.69, 9.17) is 5.11 Å². The molecule has 1 aliphatic rings. The van der Waals surface area contributed by atoms with Gasteiger partial charge in [0.15, 0.2) is 0 Å². The Bertz CT molecular complexity index is 665. The minimum absolute atomic E-state index is 0.156. The Morgan fingerprint density at radius 3 is 2.68 bits per heavy atom. The van der Waals surface area contributed by atoms with E-state index in [0.29, 0.717) is 5.92 Å². The Balaban J connectivity index is 2.15. The van der Waals surface area contributed by atoms with Crippen LogP contribution in [0.4, 0.5) is 0 Å². The van der Waals surface area contributed by atoms with Crippen LogP contribution in [-0.2, 0) is 0 Å². The number of nitrogens with zero attached hydrogens (tertiary/aromatic N) is 3. The molecule has 0 atom stereocenters. The molecule has 0 spiro atoms. The molecule has 0 aliphatic heterocycles. The molecule has 3 rings (SSSR count). The lowest BCUT2D eigenvalue weighted by molar-refractivity contribution is 0.0683. The maximum atomic E-state index is 11.0. The molecule has 1 aliphatic carbocycles. The van der Waals surface area contributed by atoms with Crippen LogP contribution in [0.5, 0.6) is 0 Å². The number of hydrogen-bond acceptors (Lipinski definition) is 3. The summed E-state index contributed by atoms with van der Waals surface area (Å²) in [6.07, 6.45) is 2.07. The second-order valence-corrected chi connectivity index (χ2v) is 6.15. The van der Waals surface area contributed by atoms with Gasteiger partial charge >= 0.3 is 5.97 Å². The Hall–Kier alpha value is -1.21. The highest BCUT2D eigenvalue weighted by Crippen LogP contribution is 2.40. The molecule has 0 unspecified atom stereocenters. The topological polar surface area (TPSA) is 68.0 Å². The van der Waals surface area contributed by atoms with Crippen molar-refractivity contribution in [1.82, 2.24) is 14.8 Å². The van der Waals surface area contributed by atoms with E-state index in [9.17, 15) is 4.79 Å². The summed E-state index contributed by atoms with van der Waals surface area (Å²) in [7, 11) is 0. The minimum Gasteiger partial charge on any atom is -0.475 e. The smallest absolute Gasteiger partial charge is 0.375 e. The van der Waals surface area contributed by atoms with Gasteiger partial charge in [0, 0.05) is 14.9 Å². The molecule has 1 aromatic carbocycles. The lowest BCUT2D eigenvalue weighted by atomic mass is 10.3. The van der Waals surface area contributed by atoms with Crippen molar-refractivity contribution in [3.8, 4) is 5.69 Å². The van der Waals surface area contributed by atoms with Gasteiger partial charge in [-0.2, -0.15) is 0 Å². The van der Waals surface area contributed by atoms with E-state index >= 15 is 0 Å². The quantitative estimate of drug-likeness (QED) is 0.877. The van der Waals surface area contributed by atoms with Crippen molar-refractivity contribution in [2.45, 2.75) is 18.8 Å². The summed E-state index contributed by atoms with van der Waals surface area (Å²) in [5.74, 6) is -0.220. The van der Waals surface area contributed by atoms with Crippen LogP contribution < -0.4 is 0 Å². The second-order valence-electron chi connectivity index (χ2n) is 4.38. The third-order valence-electron chi connectivity index (χ3n) is 2.90. The fourth-order valence-electron chi connectivity index (χ4n) is 1.85. The summed E-state index contributed by atoms with van der Waals surface area (Å²) < 4.78 is 3.40. The van der Waals surface area contributed by atoms with Gasteiger partial charge in [0.2, 0.25) is 0 Å². The number of benzene rings is 1. The number of aromatic nitrogens is 3. The monoisotopic (exact) mass is 385 g/mol. The molecular weight excluding hydrogens is 378 g/mol. The van der Waals surface area contributed by atoms with Crippen LogP contribution in [0.2, 0.25) is 0 Å². The van der Waals surface area contributed by atoms with Crippen molar-refractivity contribution in [2.24, 2.45) is 0 Å². The van der Waals surface area contributed by atoms with Crippen LogP contribution in [0.15, 0.2) is 27.1 Å². The van der Waals surface area contributed by atoms with Gasteiger partial charge in [0.05, 0.1) is 5.69 Å². The van der Waals surface area contributed by atoms with Gasteiger partial charge in [-0.05, 0) is 47.0 Å². The van der Waals surface area contributed by atoms with Gasteiger partial charge in [-0.1, -0.05) is 15.9 Å². The third-order valence-corrected chi connectivity index (χ3v) is 4.03. The van der Waals surface area contributed by atoms with E-state index in [1.54, 1.807) is 4.68 Å². The summed E-state index contributed by atoms with van der Waals surface area (Å²) >= 11 is 6.86. The second kappa shape index (κ2) is 4.72. The molecule has 98 valence electrons. The maximum absolute atomic E-state index is 11.0. The molecule has 2 aromatic rings. The van der Waals surface area contributed by atoms with Crippen molar-refractivity contribution < 1.29 is 9.90 Å². The summed E-state index contributed by atoms with van der Waals surface area (Å²) in [6, 6.07) is 5.66. The zero-order valence-corrected chi connectivity index (χ0v) is 12.8. The first kappa shape index (κ1) is 12.8. The van der Waals surface area contributed by atoms with Gasteiger partial charge in [0.1, 0.15) is 5.82 Å². The molecule has 7 heteroatoms. The van der Waals surface area contributed by atoms with E-state index in [2.05, 4.69) is 41.9 Å². The Kier molecular flexibility index (Phi) is 3.18. The molecule has 0 bridgehead atoms. The van der Waals surface area contributed by atoms with Crippen molar-refractivity contribution >= 4 is 37.8 Å². The molecule has 0 saturated heterocycles. The lowest BCUT2D eigenvalue weighted by Gasteiger charge is -2.07. The Morgan fingerprint density at radius 1 is 1.37 bits per heavy atom. The van der Waals surface area contributed by atoms with Gasteiger partial charge in [-0.25, -0.2) is 14.5 Å². The van der Waals surface area contributed by atoms with Gasteiger partial charge < -0.3 is 5.11 Å². The predicted octanol–water partition coefficient (Wildman–Crippen LogP) is 3.37. The fraction of sp³-hybridized carbons (Fsp3) is 0.250. The Morgan fingerprint density at radius 2 is 2.11 bits per heavy atom. The van der Waals surface area contributed by atoms with E-state index < -0.39 is 5.97 Å². The lowest BCUT2D eigenvalue weighted by Crippen LogP contribution is -2.04. The molecule has 1 heterocycles. The number of carbonyl (C=O) groups is 1. The van der Waals surface area contributed by atoms with Crippen LogP contribution >= 0.6 is 31.9 Å². The summed E-state index contributed by atoms with van der Waals surface area (Å²) in [5, 5.41) is 13.1. The van der Waals surface area contributed by atoms with E-state index in [1.807, 2.05) is 18.2 Å². The molecule has 19 heavy (non-hydrogen) atoms. The number of halogens is 2. The highest BCUT2D eigenvalue weighted by molar-refractivity contribution is 9.11. The molecule has 1 N–H and O–H groups in total. The third kappa shape index (κ3) is 2.44. The highest BCUT2D eigenvalue weighted by atomic mass is 79.9. The van der Waals surface area contributed by atoms with Crippen LogP contribution in [-0.4, -0.2) is 25.8 Å². The van der Waals surface area contributed by atoms with Gasteiger partial charge in [-0.15, -0.1) is 5.10 Å². The van der Waals surface area contributed by atoms with Gasteiger partial charge in [0.25, 0.3) is 5.82 Å². The zero-order chi connectivity index (χ0) is 13.6. The van der Waals surface area contributed by atoms with Crippen LogP contribution in [0.3, 0.4) is 0 Å². The minimum atomic E-state index is -1.10. The summed E-state index contributed by atoms with van der Waals surface area (Å²) in [6.45, 7) is 0. The molecular formula is C12H9Br2N3O2. The molecule has 5 nitrogen and oxygen atoms in total. The first-order valence-corrected chi connectivity index (χ1v) is 7.30. The zero-order valence-electron chi connectivity index (χ0n) is 9.68. The van der Waals surface area contributed by atoms with E-state index in [1.165, 1.54) is 0 Å². The molecule has 1 fully saturated rings. The largest absolute Gasteiger partial charge is 0.475 e. The fourth-order valence-corrected chi connectivity index (χ4v) is 3.07. The highest BCUT2D eigenvalue weighted by Gasteiger charge is 2.31. The normalized spacial score (nSPS) is 14.6. The number of rotatable bonds is 3.